The number of hydrogen-bond acceptors (Lipinski definition) is 5. The number of pyridine rings is 1. The zero-order valence-corrected chi connectivity index (χ0v) is 11.0. The Hall–Kier alpha value is -1.82. The first-order valence-corrected chi connectivity index (χ1v) is 6.40. The van der Waals surface area contributed by atoms with Crippen molar-refractivity contribution in [2.45, 2.75) is 25.3 Å². The van der Waals surface area contributed by atoms with Crippen molar-refractivity contribution in [3.63, 3.8) is 0 Å². The number of hydrogen-bond donors (Lipinski definition) is 2. The molecule has 2 heterocycles. The zero-order chi connectivity index (χ0) is 13.8. The molecule has 2 rings (SSSR count). The summed E-state index contributed by atoms with van der Waals surface area (Å²) < 4.78 is 5.60. The van der Waals surface area contributed by atoms with Gasteiger partial charge in [-0.15, -0.1) is 0 Å². The topological polar surface area (TPSA) is 88.7 Å². The molecule has 0 spiro atoms. The van der Waals surface area contributed by atoms with Gasteiger partial charge in [0.1, 0.15) is 12.3 Å². The number of piperidine rings is 1. The lowest BCUT2D eigenvalue weighted by Crippen LogP contribution is -2.40. The third kappa shape index (κ3) is 3.14. The minimum absolute atomic E-state index is 0.0296. The zero-order valence-electron chi connectivity index (χ0n) is 11.0. The minimum atomic E-state index is -1.07. The van der Waals surface area contributed by atoms with E-state index in [1.54, 1.807) is 0 Å². The molecule has 19 heavy (non-hydrogen) atoms. The van der Waals surface area contributed by atoms with Gasteiger partial charge in [-0.3, -0.25) is 0 Å². The van der Waals surface area contributed by atoms with Crippen LogP contribution in [-0.4, -0.2) is 47.2 Å². The third-order valence-corrected chi connectivity index (χ3v) is 3.52. The molecule has 0 bridgehead atoms. The van der Waals surface area contributed by atoms with E-state index in [-0.39, 0.29) is 17.1 Å². The molecule has 1 aromatic rings. The molecule has 0 aromatic carbocycles. The van der Waals surface area contributed by atoms with E-state index in [1.807, 2.05) is 0 Å². The summed E-state index contributed by atoms with van der Waals surface area (Å²) in [6.45, 7) is 1.54. The number of ether oxygens (including phenoxy) is 1. The van der Waals surface area contributed by atoms with Crippen molar-refractivity contribution < 1.29 is 14.6 Å². The fourth-order valence-electron chi connectivity index (χ4n) is 2.29. The Morgan fingerprint density at radius 2 is 2.42 bits per heavy atom. The lowest BCUT2D eigenvalue weighted by molar-refractivity contribution is 0.0697. The van der Waals surface area contributed by atoms with Crippen LogP contribution in [0.2, 0.25) is 0 Å². The summed E-state index contributed by atoms with van der Waals surface area (Å²) >= 11 is 0. The lowest BCUT2D eigenvalue weighted by Gasteiger charge is -2.32. The monoisotopic (exact) mass is 265 g/mol. The number of nitrogens with two attached hydrogens (primary N) is 1. The van der Waals surface area contributed by atoms with Crippen LogP contribution in [0.3, 0.4) is 0 Å². The fraction of sp³-hybridized carbons (Fsp3) is 0.538. The molecule has 1 aromatic heterocycles. The quantitative estimate of drug-likeness (QED) is 0.851. The normalized spacial score (nSPS) is 20.2. The van der Waals surface area contributed by atoms with E-state index < -0.39 is 5.97 Å². The van der Waals surface area contributed by atoms with Crippen LogP contribution in [0.15, 0.2) is 12.3 Å². The maximum Gasteiger partial charge on any atom is 0.338 e. The summed E-state index contributed by atoms with van der Waals surface area (Å²) in [6, 6.07) is 1.71. The van der Waals surface area contributed by atoms with Crippen molar-refractivity contribution in [3.05, 3.63) is 17.8 Å². The summed E-state index contributed by atoms with van der Waals surface area (Å²) in [6.07, 6.45) is 4.88. The van der Waals surface area contributed by atoms with Gasteiger partial charge >= 0.3 is 5.97 Å². The number of likely N-dealkylation sites (tertiary alicyclic amines) is 1. The number of aromatic nitrogens is 1. The number of carbonyl (C=O) groups is 1. The number of carboxylic acid groups (broad SMARTS) is 1. The number of anilines is 1. The maximum atomic E-state index is 11.0. The smallest absolute Gasteiger partial charge is 0.338 e. The molecule has 1 aliphatic rings. The van der Waals surface area contributed by atoms with Crippen LogP contribution in [0, 0.1) is 0 Å². The predicted octanol–water partition coefficient (Wildman–Crippen LogP) is 1.23. The Morgan fingerprint density at radius 3 is 3.11 bits per heavy atom. The Morgan fingerprint density at radius 1 is 1.63 bits per heavy atom. The Labute approximate surface area is 112 Å². The van der Waals surface area contributed by atoms with Crippen molar-refractivity contribution in [2.75, 3.05) is 25.9 Å². The van der Waals surface area contributed by atoms with E-state index in [4.69, 9.17) is 15.6 Å². The molecule has 1 atom stereocenters. The summed E-state index contributed by atoms with van der Waals surface area (Å²) in [4.78, 5) is 17.2. The molecule has 0 aliphatic carbocycles. The predicted molar refractivity (Wildman–Crippen MR) is 71.4 cm³/mol. The third-order valence-electron chi connectivity index (χ3n) is 3.52. The molecule has 1 unspecified atom stereocenters. The summed E-state index contributed by atoms with van der Waals surface area (Å²) in [5.74, 6) is -0.863. The number of nitrogen functional groups attached to an aromatic ring is 1. The summed E-state index contributed by atoms with van der Waals surface area (Å²) in [5, 5.41) is 8.98. The van der Waals surface area contributed by atoms with E-state index in [2.05, 4.69) is 16.9 Å². The highest BCUT2D eigenvalue weighted by Crippen LogP contribution is 2.23. The van der Waals surface area contributed by atoms with Crippen LogP contribution in [0.25, 0.3) is 0 Å². The van der Waals surface area contributed by atoms with Gasteiger partial charge in [-0.25, -0.2) is 9.78 Å². The van der Waals surface area contributed by atoms with Gasteiger partial charge in [0, 0.05) is 12.2 Å². The molecule has 6 nitrogen and oxygen atoms in total. The fourth-order valence-corrected chi connectivity index (χ4v) is 2.29. The molecule has 0 amide bonds. The molecule has 3 N–H and O–H groups in total. The molecular formula is C13H19N3O3. The van der Waals surface area contributed by atoms with E-state index in [0.29, 0.717) is 12.6 Å². The van der Waals surface area contributed by atoms with Crippen molar-refractivity contribution in [2.24, 2.45) is 0 Å². The SMILES string of the molecule is CN1CCCCC1COc1nccc(C(=O)O)c1N. The van der Waals surface area contributed by atoms with Gasteiger partial charge in [0.2, 0.25) is 5.88 Å². The van der Waals surface area contributed by atoms with Crippen molar-refractivity contribution in [1.82, 2.24) is 9.88 Å². The average molecular weight is 265 g/mol. The first-order chi connectivity index (χ1) is 9.09. The minimum Gasteiger partial charge on any atom is -0.478 e. The largest absolute Gasteiger partial charge is 0.478 e. The van der Waals surface area contributed by atoms with Crippen molar-refractivity contribution in [3.8, 4) is 5.88 Å². The Kier molecular flexibility index (Phi) is 4.21. The van der Waals surface area contributed by atoms with E-state index in [1.165, 1.54) is 25.1 Å². The molecule has 0 saturated carbocycles. The second-order valence-electron chi connectivity index (χ2n) is 4.82. The maximum absolute atomic E-state index is 11.0. The van der Waals surface area contributed by atoms with Crippen LogP contribution in [0.5, 0.6) is 5.88 Å². The van der Waals surface area contributed by atoms with Crippen LogP contribution < -0.4 is 10.5 Å². The van der Waals surface area contributed by atoms with Gasteiger partial charge in [-0.05, 0) is 32.5 Å². The number of rotatable bonds is 4. The van der Waals surface area contributed by atoms with Gasteiger partial charge in [-0.2, -0.15) is 0 Å². The molecule has 1 saturated heterocycles. The summed E-state index contributed by atoms with van der Waals surface area (Å²) in [5.41, 5.74) is 5.87. The van der Waals surface area contributed by atoms with E-state index in [0.717, 1.165) is 13.0 Å². The Balaban J connectivity index is 2.03. The van der Waals surface area contributed by atoms with Crippen molar-refractivity contribution in [1.29, 1.82) is 0 Å². The number of carboxylic acids is 1. The average Bonchev–Trinajstić information content (AvgIpc) is 2.39. The van der Waals surface area contributed by atoms with Gasteiger partial charge in [0.25, 0.3) is 0 Å². The van der Waals surface area contributed by atoms with E-state index >= 15 is 0 Å². The van der Waals surface area contributed by atoms with Gasteiger partial charge in [0.15, 0.2) is 0 Å². The molecule has 104 valence electrons. The first kappa shape index (κ1) is 13.6. The van der Waals surface area contributed by atoms with Crippen LogP contribution in [0.1, 0.15) is 29.6 Å². The lowest BCUT2D eigenvalue weighted by atomic mass is 10.0. The Bertz CT molecular complexity index is 464. The summed E-state index contributed by atoms with van der Waals surface area (Å²) in [7, 11) is 2.07. The highest BCUT2D eigenvalue weighted by molar-refractivity contribution is 5.94. The van der Waals surface area contributed by atoms with Crippen LogP contribution in [-0.2, 0) is 0 Å². The number of nitrogens with zero attached hydrogens (tertiary/aromatic N) is 2. The van der Waals surface area contributed by atoms with Crippen molar-refractivity contribution >= 4 is 11.7 Å². The molecule has 0 radical (unpaired) electrons. The second-order valence-corrected chi connectivity index (χ2v) is 4.82. The number of likely N-dealkylation sites (N-methyl/N-ethyl adjacent to an activating group) is 1. The van der Waals surface area contributed by atoms with Gasteiger partial charge in [0.05, 0.1) is 5.56 Å². The van der Waals surface area contributed by atoms with E-state index in [9.17, 15) is 4.79 Å². The molecular weight excluding hydrogens is 246 g/mol. The van der Waals surface area contributed by atoms with Crippen LogP contribution >= 0.6 is 0 Å². The molecule has 1 fully saturated rings. The second kappa shape index (κ2) is 5.88. The van der Waals surface area contributed by atoms with Crippen LogP contribution in [0.4, 0.5) is 5.69 Å². The first-order valence-electron chi connectivity index (χ1n) is 6.40. The highest BCUT2D eigenvalue weighted by Gasteiger charge is 2.21. The highest BCUT2D eigenvalue weighted by atomic mass is 16.5. The molecule has 6 heteroatoms. The number of aromatic carboxylic acids is 1. The van der Waals surface area contributed by atoms with Gasteiger partial charge < -0.3 is 20.5 Å². The standard InChI is InChI=1S/C13H19N3O3/c1-16-7-3-2-4-9(16)8-19-12-11(14)10(13(17)18)5-6-15-12/h5-6,9H,2-4,7-8,14H2,1H3,(H,17,18). The van der Waals surface area contributed by atoms with Gasteiger partial charge in [-0.1, -0.05) is 6.42 Å². The molecule has 1 aliphatic heterocycles.